The van der Waals surface area contributed by atoms with E-state index in [-0.39, 0.29) is 24.1 Å². The lowest BCUT2D eigenvalue weighted by Gasteiger charge is -2.05. The minimum atomic E-state index is -3.32. The maximum absolute atomic E-state index is 12.0. The molecule has 27 heavy (non-hydrogen) atoms. The summed E-state index contributed by atoms with van der Waals surface area (Å²) in [6.45, 7) is 1.67. The molecule has 9 heteroatoms. The molecule has 0 unspecified atom stereocenters. The van der Waals surface area contributed by atoms with E-state index in [2.05, 4.69) is 20.2 Å². The monoisotopic (exact) mass is 386 g/mol. The van der Waals surface area contributed by atoms with Crippen molar-refractivity contribution in [3.05, 3.63) is 66.1 Å². The Morgan fingerprint density at radius 2 is 1.78 bits per heavy atom. The molecule has 2 N–H and O–H groups in total. The second kappa shape index (κ2) is 8.00. The number of aromatic nitrogens is 2. The topological polar surface area (TPSA) is 114 Å². The third-order valence-corrected chi connectivity index (χ3v) is 5.01. The van der Waals surface area contributed by atoms with E-state index in [1.165, 1.54) is 0 Å². The van der Waals surface area contributed by atoms with Crippen LogP contribution in [-0.2, 0) is 16.6 Å². The quantitative estimate of drug-likeness (QED) is 0.645. The van der Waals surface area contributed by atoms with E-state index in [9.17, 15) is 13.2 Å². The molecule has 0 spiro atoms. The Labute approximate surface area is 156 Å². The second-order valence-corrected chi connectivity index (χ2v) is 7.65. The maximum Gasteiger partial charge on any atom is 0.251 e. The molecule has 140 valence electrons. The Balaban J connectivity index is 1.63. The minimum Gasteiger partial charge on any atom is -0.343 e. The molecule has 3 aromatic rings. The zero-order valence-corrected chi connectivity index (χ0v) is 15.4. The summed E-state index contributed by atoms with van der Waals surface area (Å²) in [5, 5.41) is 6.59. The van der Waals surface area contributed by atoms with Gasteiger partial charge < -0.3 is 9.84 Å². The van der Waals surface area contributed by atoms with Crippen molar-refractivity contribution in [1.29, 1.82) is 0 Å². The zero-order valence-electron chi connectivity index (χ0n) is 14.5. The number of nitrogens with one attached hydrogen (secondary N) is 2. The highest BCUT2D eigenvalue weighted by molar-refractivity contribution is 7.92. The summed E-state index contributed by atoms with van der Waals surface area (Å²) >= 11 is 0. The van der Waals surface area contributed by atoms with Gasteiger partial charge in [-0.05, 0) is 43.3 Å². The molecule has 0 bridgehead atoms. The number of hydrogen-bond acceptors (Lipinski definition) is 6. The number of sulfonamides is 1. The van der Waals surface area contributed by atoms with Gasteiger partial charge in [0.2, 0.25) is 21.7 Å². The van der Waals surface area contributed by atoms with E-state index in [0.29, 0.717) is 22.6 Å². The van der Waals surface area contributed by atoms with Crippen LogP contribution in [-0.4, -0.2) is 30.2 Å². The van der Waals surface area contributed by atoms with E-state index in [0.717, 1.165) is 0 Å². The summed E-state index contributed by atoms with van der Waals surface area (Å²) in [6, 6.07) is 15.4. The lowest BCUT2D eigenvalue weighted by molar-refractivity contribution is 0.0946. The van der Waals surface area contributed by atoms with Gasteiger partial charge in [0.1, 0.15) is 0 Å². The van der Waals surface area contributed by atoms with Gasteiger partial charge in [-0.15, -0.1) is 0 Å². The van der Waals surface area contributed by atoms with Gasteiger partial charge >= 0.3 is 0 Å². The van der Waals surface area contributed by atoms with Crippen LogP contribution in [0.5, 0.6) is 0 Å². The number of carbonyl (C=O) groups is 1. The van der Waals surface area contributed by atoms with Crippen LogP contribution in [0.25, 0.3) is 11.4 Å². The first kappa shape index (κ1) is 18.6. The zero-order chi connectivity index (χ0) is 19.3. The van der Waals surface area contributed by atoms with Crippen molar-refractivity contribution in [3.8, 4) is 11.4 Å². The lowest BCUT2D eigenvalue weighted by atomic mass is 10.2. The highest BCUT2D eigenvalue weighted by Crippen LogP contribution is 2.19. The van der Waals surface area contributed by atoms with Gasteiger partial charge in [-0.2, -0.15) is 4.98 Å². The molecular formula is C18H18N4O4S. The van der Waals surface area contributed by atoms with Gasteiger partial charge in [0, 0.05) is 16.8 Å². The molecular weight excluding hydrogens is 368 g/mol. The second-order valence-electron chi connectivity index (χ2n) is 5.64. The molecule has 2 aromatic carbocycles. The molecule has 3 rings (SSSR count). The van der Waals surface area contributed by atoms with Crippen molar-refractivity contribution in [2.24, 2.45) is 0 Å². The van der Waals surface area contributed by atoms with Crippen LogP contribution >= 0.6 is 0 Å². The van der Waals surface area contributed by atoms with Crippen molar-refractivity contribution in [3.63, 3.8) is 0 Å². The first-order valence-electron chi connectivity index (χ1n) is 8.23. The van der Waals surface area contributed by atoms with Crippen LogP contribution in [0.1, 0.15) is 23.2 Å². The lowest BCUT2D eigenvalue weighted by Crippen LogP contribution is -2.22. The summed E-state index contributed by atoms with van der Waals surface area (Å²) in [6.07, 6.45) is 0. The third-order valence-electron chi connectivity index (χ3n) is 3.70. The Morgan fingerprint density at radius 3 is 2.44 bits per heavy atom. The molecule has 0 radical (unpaired) electrons. The standard InChI is InChI=1S/C18H18N4O4S/c1-2-27(24,25)22-15-10-8-13(9-11-15)17-20-16(26-21-17)12-19-18(23)14-6-4-3-5-7-14/h3-11,22H,2,12H2,1H3,(H,19,23). The van der Waals surface area contributed by atoms with Crippen LogP contribution in [0.15, 0.2) is 59.1 Å². The molecule has 8 nitrogen and oxygen atoms in total. The molecule has 0 fully saturated rings. The molecule has 1 aromatic heterocycles. The van der Waals surface area contributed by atoms with E-state index in [1.807, 2.05) is 6.07 Å². The van der Waals surface area contributed by atoms with Crippen molar-refractivity contribution in [1.82, 2.24) is 15.5 Å². The Hall–Kier alpha value is -3.20. The SMILES string of the molecule is CCS(=O)(=O)Nc1ccc(-c2noc(CNC(=O)c3ccccc3)n2)cc1. The molecule has 0 atom stereocenters. The van der Waals surface area contributed by atoms with Crippen LogP contribution in [0, 0.1) is 0 Å². The van der Waals surface area contributed by atoms with E-state index >= 15 is 0 Å². The Kier molecular flexibility index (Phi) is 5.51. The molecule has 0 aliphatic heterocycles. The molecule has 0 aliphatic carbocycles. The Bertz CT molecular complexity index is 1020. The van der Waals surface area contributed by atoms with Gasteiger partial charge in [0.15, 0.2) is 0 Å². The van der Waals surface area contributed by atoms with Crippen molar-refractivity contribution >= 4 is 21.6 Å². The third kappa shape index (κ3) is 4.91. The van der Waals surface area contributed by atoms with Crippen LogP contribution in [0.2, 0.25) is 0 Å². The molecule has 0 saturated heterocycles. The number of anilines is 1. The number of benzene rings is 2. The highest BCUT2D eigenvalue weighted by atomic mass is 32.2. The molecule has 1 amide bonds. The average Bonchev–Trinajstić information content (AvgIpc) is 3.16. The maximum atomic E-state index is 12.0. The predicted molar refractivity (Wildman–Crippen MR) is 100 cm³/mol. The average molecular weight is 386 g/mol. The first-order valence-corrected chi connectivity index (χ1v) is 9.89. The van der Waals surface area contributed by atoms with Crippen LogP contribution in [0.4, 0.5) is 5.69 Å². The van der Waals surface area contributed by atoms with Crippen molar-refractivity contribution in [2.75, 3.05) is 10.5 Å². The van der Waals surface area contributed by atoms with Gasteiger partial charge in [0.05, 0.1) is 12.3 Å². The largest absolute Gasteiger partial charge is 0.343 e. The summed E-state index contributed by atoms with van der Waals surface area (Å²) < 4.78 is 30.7. The molecule has 0 saturated carbocycles. The summed E-state index contributed by atoms with van der Waals surface area (Å²) in [4.78, 5) is 16.2. The van der Waals surface area contributed by atoms with Crippen LogP contribution < -0.4 is 10.0 Å². The molecule has 1 heterocycles. The predicted octanol–water partition coefficient (Wildman–Crippen LogP) is 2.43. The summed E-state index contributed by atoms with van der Waals surface area (Å²) in [5.74, 6) is 0.384. The van der Waals surface area contributed by atoms with Gasteiger partial charge in [-0.1, -0.05) is 23.4 Å². The fraction of sp³-hybridized carbons (Fsp3) is 0.167. The summed E-state index contributed by atoms with van der Waals surface area (Å²) in [5.41, 5.74) is 1.67. The number of nitrogens with zero attached hydrogens (tertiary/aromatic N) is 2. The fourth-order valence-electron chi connectivity index (χ4n) is 2.23. The normalized spacial score (nSPS) is 11.1. The van der Waals surface area contributed by atoms with Crippen molar-refractivity contribution < 1.29 is 17.7 Å². The van der Waals surface area contributed by atoms with Gasteiger partial charge in [-0.3, -0.25) is 9.52 Å². The van der Waals surface area contributed by atoms with Gasteiger partial charge in [0.25, 0.3) is 5.91 Å². The number of amides is 1. The minimum absolute atomic E-state index is 0.00233. The van der Waals surface area contributed by atoms with Crippen LogP contribution in [0.3, 0.4) is 0 Å². The first-order chi connectivity index (χ1) is 13.0. The van der Waals surface area contributed by atoms with Crippen molar-refractivity contribution in [2.45, 2.75) is 13.5 Å². The summed E-state index contributed by atoms with van der Waals surface area (Å²) in [7, 11) is -3.32. The fourth-order valence-corrected chi connectivity index (χ4v) is 2.87. The smallest absolute Gasteiger partial charge is 0.251 e. The number of rotatable bonds is 7. The van der Waals surface area contributed by atoms with E-state index in [1.54, 1.807) is 55.5 Å². The van der Waals surface area contributed by atoms with E-state index < -0.39 is 10.0 Å². The molecule has 0 aliphatic rings. The number of carbonyl (C=O) groups excluding carboxylic acids is 1. The number of hydrogen-bond donors (Lipinski definition) is 2. The van der Waals surface area contributed by atoms with Gasteiger partial charge in [-0.25, -0.2) is 8.42 Å². The Morgan fingerprint density at radius 1 is 1.07 bits per heavy atom. The van der Waals surface area contributed by atoms with E-state index in [4.69, 9.17) is 4.52 Å². The highest BCUT2D eigenvalue weighted by Gasteiger charge is 2.12.